The topological polar surface area (TPSA) is 149 Å². The molecule has 0 aliphatic carbocycles. The molecule has 0 bridgehead atoms. The fourth-order valence-electron chi connectivity index (χ4n) is 3.35. The Labute approximate surface area is 214 Å². The summed E-state index contributed by atoms with van der Waals surface area (Å²) in [6, 6.07) is 8.79. The molecule has 9 nitrogen and oxygen atoms in total. The molecular weight excluding hydrogens is 456 g/mol. The van der Waals surface area contributed by atoms with Crippen LogP contribution < -0.4 is 37.7 Å². The Morgan fingerprint density at radius 3 is 2.28 bits per heavy atom. The van der Waals surface area contributed by atoms with Crippen molar-refractivity contribution in [3.63, 3.8) is 0 Å². The van der Waals surface area contributed by atoms with Crippen molar-refractivity contribution in [2.45, 2.75) is 53.9 Å². The summed E-state index contributed by atoms with van der Waals surface area (Å²) < 4.78 is 5.44. The standard InChI is InChI=1S/C27H40N6O3/c1-16-9-10-17(11-22(16)33(30)14-20(29)25(35)31-15-26(2,3)4)24(34)32-21-13-18(27(5,6)7)12-19(28)23(21)36-8/h9-14H,15,28-30H2,1-8H3,(H,31,35)(H,32,34). The third-order valence-corrected chi connectivity index (χ3v) is 5.51. The summed E-state index contributed by atoms with van der Waals surface area (Å²) in [6.45, 7) is 14.5. The second kappa shape index (κ2) is 10.9. The lowest BCUT2D eigenvalue weighted by molar-refractivity contribution is -0.117. The molecule has 36 heavy (non-hydrogen) atoms. The zero-order chi connectivity index (χ0) is 27.4. The number of aryl methyl sites for hydroxylation is 1. The van der Waals surface area contributed by atoms with Gasteiger partial charge in [0.15, 0.2) is 5.75 Å². The Kier molecular flexibility index (Phi) is 8.64. The third kappa shape index (κ3) is 7.39. The highest BCUT2D eigenvalue weighted by molar-refractivity contribution is 6.06. The number of hydrazine groups is 1. The quantitative estimate of drug-likeness (QED) is 0.169. The van der Waals surface area contributed by atoms with E-state index in [0.29, 0.717) is 34.9 Å². The van der Waals surface area contributed by atoms with Crippen LogP contribution in [0, 0.1) is 12.3 Å². The Morgan fingerprint density at radius 2 is 1.72 bits per heavy atom. The molecule has 8 N–H and O–H groups in total. The van der Waals surface area contributed by atoms with E-state index in [2.05, 4.69) is 31.4 Å². The van der Waals surface area contributed by atoms with Gasteiger partial charge in [-0.25, -0.2) is 5.84 Å². The lowest BCUT2D eigenvalue weighted by atomic mass is 9.86. The van der Waals surface area contributed by atoms with E-state index in [1.165, 1.54) is 18.3 Å². The van der Waals surface area contributed by atoms with E-state index in [9.17, 15) is 9.59 Å². The molecule has 0 aliphatic rings. The molecule has 196 valence electrons. The number of nitrogen functional groups attached to an aromatic ring is 1. The number of carbonyl (C=O) groups is 2. The van der Waals surface area contributed by atoms with Gasteiger partial charge in [0.05, 0.1) is 24.2 Å². The summed E-state index contributed by atoms with van der Waals surface area (Å²) >= 11 is 0. The largest absolute Gasteiger partial charge is 0.492 e. The van der Waals surface area contributed by atoms with E-state index in [1.807, 2.05) is 39.8 Å². The zero-order valence-corrected chi connectivity index (χ0v) is 22.6. The van der Waals surface area contributed by atoms with Crippen molar-refractivity contribution in [1.82, 2.24) is 5.32 Å². The molecule has 0 fully saturated rings. The zero-order valence-electron chi connectivity index (χ0n) is 22.6. The highest BCUT2D eigenvalue weighted by Crippen LogP contribution is 2.37. The van der Waals surface area contributed by atoms with Gasteiger partial charge in [-0.3, -0.25) is 14.6 Å². The van der Waals surface area contributed by atoms with Crippen molar-refractivity contribution < 1.29 is 14.3 Å². The van der Waals surface area contributed by atoms with Gasteiger partial charge in [-0.1, -0.05) is 47.6 Å². The Hall–Kier alpha value is -3.72. The molecule has 0 spiro atoms. The molecule has 2 rings (SSSR count). The minimum Gasteiger partial charge on any atom is -0.492 e. The number of nitrogens with one attached hydrogen (secondary N) is 2. The van der Waals surface area contributed by atoms with E-state index in [0.717, 1.165) is 11.1 Å². The van der Waals surface area contributed by atoms with Crippen molar-refractivity contribution in [3.8, 4) is 5.75 Å². The van der Waals surface area contributed by atoms with Gasteiger partial charge in [-0.05, 0) is 53.1 Å². The minimum atomic E-state index is -0.421. The SMILES string of the molecule is COc1c(N)cc(C(C)(C)C)cc1NC(=O)c1ccc(C)c(N(N)C=C(N)C(=O)NCC(C)(C)C)c1. The van der Waals surface area contributed by atoms with Gasteiger partial charge in [-0.15, -0.1) is 0 Å². The number of hydrogen-bond acceptors (Lipinski definition) is 7. The van der Waals surface area contributed by atoms with E-state index < -0.39 is 5.91 Å². The van der Waals surface area contributed by atoms with Gasteiger partial charge < -0.3 is 26.8 Å². The molecule has 2 aromatic rings. The van der Waals surface area contributed by atoms with Crippen molar-refractivity contribution in [3.05, 3.63) is 58.9 Å². The van der Waals surface area contributed by atoms with E-state index in [4.69, 9.17) is 22.0 Å². The summed E-state index contributed by atoms with van der Waals surface area (Å²) in [5.74, 6) is 5.80. The van der Waals surface area contributed by atoms with Crippen molar-refractivity contribution in [2.24, 2.45) is 17.0 Å². The monoisotopic (exact) mass is 496 g/mol. The smallest absolute Gasteiger partial charge is 0.268 e. The van der Waals surface area contributed by atoms with E-state index >= 15 is 0 Å². The molecule has 0 unspecified atom stereocenters. The normalized spacial score (nSPS) is 12.2. The predicted octanol–water partition coefficient (Wildman–Crippen LogP) is 3.78. The van der Waals surface area contributed by atoms with Crippen LogP contribution in [0.5, 0.6) is 5.75 Å². The highest BCUT2D eigenvalue weighted by Gasteiger charge is 2.21. The van der Waals surface area contributed by atoms with Crippen molar-refractivity contribution >= 4 is 28.9 Å². The van der Waals surface area contributed by atoms with E-state index in [1.54, 1.807) is 18.2 Å². The molecule has 0 aromatic heterocycles. The molecular formula is C27H40N6O3. The molecule has 0 atom stereocenters. The third-order valence-electron chi connectivity index (χ3n) is 5.51. The first-order chi connectivity index (χ1) is 16.5. The molecule has 0 saturated carbocycles. The maximum absolute atomic E-state index is 13.2. The number of amides is 2. The summed E-state index contributed by atoms with van der Waals surface area (Å²) in [5, 5.41) is 6.91. The number of ether oxygens (including phenoxy) is 1. The van der Waals surface area contributed by atoms with Crippen LogP contribution in [0.3, 0.4) is 0 Å². The molecule has 0 radical (unpaired) electrons. The minimum absolute atomic E-state index is 0.0461. The predicted molar refractivity (Wildman–Crippen MR) is 147 cm³/mol. The van der Waals surface area contributed by atoms with Crippen LogP contribution in [0.15, 0.2) is 42.2 Å². The van der Waals surface area contributed by atoms with Crippen LogP contribution in [0.2, 0.25) is 0 Å². The molecule has 2 amide bonds. The summed E-state index contributed by atoms with van der Waals surface area (Å²) in [6.07, 6.45) is 1.33. The number of anilines is 3. The van der Waals surface area contributed by atoms with Gasteiger partial charge in [0.1, 0.15) is 5.70 Å². The van der Waals surface area contributed by atoms with Crippen LogP contribution in [0.4, 0.5) is 17.1 Å². The first-order valence-electron chi connectivity index (χ1n) is 11.7. The second-order valence-corrected chi connectivity index (χ2v) is 11.1. The average Bonchev–Trinajstić information content (AvgIpc) is 2.76. The van der Waals surface area contributed by atoms with Gasteiger partial charge in [0.25, 0.3) is 11.8 Å². The Bertz CT molecular complexity index is 1160. The Morgan fingerprint density at radius 1 is 1.08 bits per heavy atom. The first-order valence-corrected chi connectivity index (χ1v) is 11.7. The maximum atomic E-state index is 13.2. The lowest BCUT2D eigenvalue weighted by Crippen LogP contribution is -2.37. The molecule has 0 heterocycles. The number of rotatable bonds is 7. The molecule has 0 aliphatic heterocycles. The van der Waals surface area contributed by atoms with Gasteiger partial charge in [0.2, 0.25) is 0 Å². The number of nitrogens with zero attached hydrogens (tertiary/aromatic N) is 1. The van der Waals surface area contributed by atoms with Gasteiger partial charge in [-0.2, -0.15) is 0 Å². The van der Waals surface area contributed by atoms with Crippen LogP contribution in [-0.2, 0) is 10.2 Å². The molecule has 0 saturated heterocycles. The Balaban J connectivity index is 2.32. The number of nitrogens with two attached hydrogens (primary N) is 3. The average molecular weight is 497 g/mol. The van der Waals surface area contributed by atoms with Gasteiger partial charge in [0, 0.05) is 18.3 Å². The fourth-order valence-corrected chi connectivity index (χ4v) is 3.35. The summed E-state index contributed by atoms with van der Waals surface area (Å²) in [5.41, 5.74) is 15.4. The van der Waals surface area contributed by atoms with Gasteiger partial charge >= 0.3 is 0 Å². The molecule has 2 aromatic carbocycles. The van der Waals surface area contributed by atoms with E-state index in [-0.39, 0.29) is 22.4 Å². The number of benzene rings is 2. The number of carbonyl (C=O) groups excluding carboxylic acids is 2. The van der Waals surface area contributed by atoms with Crippen LogP contribution in [0.25, 0.3) is 0 Å². The number of methoxy groups -OCH3 is 1. The maximum Gasteiger partial charge on any atom is 0.268 e. The van der Waals surface area contributed by atoms with Crippen molar-refractivity contribution in [1.29, 1.82) is 0 Å². The second-order valence-electron chi connectivity index (χ2n) is 11.1. The fraction of sp³-hybridized carbons (Fsp3) is 0.407. The summed E-state index contributed by atoms with van der Waals surface area (Å²) in [4.78, 5) is 25.5. The first kappa shape index (κ1) is 28.5. The van der Waals surface area contributed by atoms with Crippen LogP contribution in [0.1, 0.15) is 63.0 Å². The van der Waals surface area contributed by atoms with Crippen molar-refractivity contribution in [2.75, 3.05) is 29.7 Å². The molecule has 9 heteroatoms. The lowest BCUT2D eigenvalue weighted by Gasteiger charge is -2.23. The van der Waals surface area contributed by atoms with Crippen LogP contribution >= 0.6 is 0 Å². The summed E-state index contributed by atoms with van der Waals surface area (Å²) in [7, 11) is 1.50. The van der Waals surface area contributed by atoms with Crippen LogP contribution in [-0.4, -0.2) is 25.5 Å². The highest BCUT2D eigenvalue weighted by atomic mass is 16.5. The number of hydrogen-bond donors (Lipinski definition) is 5.